The van der Waals surface area contributed by atoms with Gasteiger partial charge >= 0.3 is 5.97 Å². The van der Waals surface area contributed by atoms with Crippen LogP contribution in [0.3, 0.4) is 0 Å². The minimum absolute atomic E-state index is 0.00835. The highest BCUT2D eigenvalue weighted by molar-refractivity contribution is 5.94. The first-order valence-corrected chi connectivity index (χ1v) is 9.76. The average molecular weight is 428 g/mol. The number of hydrogen-bond acceptors (Lipinski definition) is 7. The van der Waals surface area contributed by atoms with Gasteiger partial charge in [0.1, 0.15) is 40.2 Å². The number of allylic oxidation sites excluding steroid dienone is 1. The molecule has 1 unspecified atom stereocenters. The molecule has 32 heavy (non-hydrogen) atoms. The van der Waals surface area contributed by atoms with Crippen LogP contribution in [-0.4, -0.2) is 20.2 Å². The lowest BCUT2D eigenvalue weighted by Crippen LogP contribution is -2.21. The van der Waals surface area contributed by atoms with Crippen molar-refractivity contribution in [1.82, 2.24) is 0 Å². The van der Waals surface area contributed by atoms with Gasteiger partial charge in [0, 0.05) is 11.6 Å². The summed E-state index contributed by atoms with van der Waals surface area (Å²) in [5.74, 6) is 0.829. The molecule has 0 aliphatic carbocycles. The van der Waals surface area contributed by atoms with Gasteiger partial charge in [0.2, 0.25) is 5.88 Å². The van der Waals surface area contributed by atoms with Gasteiger partial charge in [0.05, 0.1) is 20.1 Å². The lowest BCUT2D eigenvalue weighted by atomic mass is 9.83. The minimum Gasteiger partial charge on any atom is -0.497 e. The summed E-state index contributed by atoms with van der Waals surface area (Å²) in [6.07, 6.45) is 0. The summed E-state index contributed by atoms with van der Waals surface area (Å²) in [6, 6.07) is 21.3. The van der Waals surface area contributed by atoms with Crippen molar-refractivity contribution in [1.29, 1.82) is 5.26 Å². The van der Waals surface area contributed by atoms with Gasteiger partial charge in [-0.2, -0.15) is 5.26 Å². The van der Waals surface area contributed by atoms with Gasteiger partial charge in [-0.1, -0.05) is 30.3 Å². The second-order valence-electron chi connectivity index (χ2n) is 6.99. The Morgan fingerprint density at radius 1 is 1.00 bits per heavy atom. The van der Waals surface area contributed by atoms with Crippen LogP contribution in [0.2, 0.25) is 0 Å². The SMILES string of the molecule is COc1ccc(C2C(C#N)=C(N)Oc3cc(OC(=O)c4ccccc4OC)ccc32)cc1. The number of methoxy groups -OCH3 is 2. The van der Waals surface area contributed by atoms with Crippen LogP contribution in [0, 0.1) is 11.3 Å². The zero-order chi connectivity index (χ0) is 22.7. The van der Waals surface area contributed by atoms with Gasteiger partial charge in [-0.3, -0.25) is 0 Å². The lowest BCUT2D eigenvalue weighted by Gasteiger charge is -2.26. The van der Waals surface area contributed by atoms with Gasteiger partial charge in [-0.15, -0.1) is 0 Å². The number of carbonyl (C=O) groups is 1. The van der Waals surface area contributed by atoms with E-state index in [1.165, 1.54) is 7.11 Å². The fourth-order valence-corrected chi connectivity index (χ4v) is 3.61. The molecule has 0 radical (unpaired) electrons. The molecule has 0 saturated heterocycles. The van der Waals surface area contributed by atoms with Crippen molar-refractivity contribution in [3.63, 3.8) is 0 Å². The summed E-state index contributed by atoms with van der Waals surface area (Å²) >= 11 is 0. The Hall–Kier alpha value is -4.44. The maximum absolute atomic E-state index is 12.6. The third-order valence-electron chi connectivity index (χ3n) is 5.18. The Morgan fingerprint density at radius 2 is 1.72 bits per heavy atom. The number of nitriles is 1. The molecule has 1 aliphatic heterocycles. The van der Waals surface area contributed by atoms with Crippen molar-refractivity contribution in [3.8, 4) is 29.1 Å². The summed E-state index contributed by atoms with van der Waals surface area (Å²) in [7, 11) is 3.07. The molecule has 2 N–H and O–H groups in total. The first-order chi connectivity index (χ1) is 15.5. The zero-order valence-corrected chi connectivity index (χ0v) is 17.5. The molecular weight excluding hydrogens is 408 g/mol. The quantitative estimate of drug-likeness (QED) is 0.481. The van der Waals surface area contributed by atoms with Crippen LogP contribution < -0.4 is 24.7 Å². The molecular formula is C25H20N2O5. The predicted molar refractivity (Wildman–Crippen MR) is 117 cm³/mol. The number of rotatable bonds is 5. The van der Waals surface area contributed by atoms with E-state index in [0.717, 1.165) is 11.1 Å². The molecule has 3 aromatic rings. The molecule has 160 valence electrons. The van der Waals surface area contributed by atoms with Gasteiger partial charge < -0.3 is 24.7 Å². The topological polar surface area (TPSA) is 104 Å². The van der Waals surface area contributed by atoms with Gasteiger partial charge in [0.15, 0.2) is 0 Å². The van der Waals surface area contributed by atoms with E-state index in [9.17, 15) is 10.1 Å². The molecule has 0 amide bonds. The summed E-state index contributed by atoms with van der Waals surface area (Å²) in [4.78, 5) is 12.6. The Kier molecular flexibility index (Phi) is 5.69. The Balaban J connectivity index is 1.68. The smallest absolute Gasteiger partial charge is 0.347 e. The maximum Gasteiger partial charge on any atom is 0.347 e. The van der Waals surface area contributed by atoms with Crippen molar-refractivity contribution in [2.24, 2.45) is 5.73 Å². The predicted octanol–water partition coefficient (Wildman–Crippen LogP) is 4.14. The molecule has 4 rings (SSSR count). The largest absolute Gasteiger partial charge is 0.497 e. The first-order valence-electron chi connectivity index (χ1n) is 9.76. The van der Waals surface area contributed by atoms with E-state index in [1.54, 1.807) is 49.6 Å². The molecule has 0 bridgehead atoms. The molecule has 1 atom stereocenters. The van der Waals surface area contributed by atoms with Gasteiger partial charge in [-0.25, -0.2) is 4.79 Å². The number of hydrogen-bond donors (Lipinski definition) is 1. The van der Waals surface area contributed by atoms with E-state index >= 15 is 0 Å². The molecule has 0 fully saturated rings. The van der Waals surface area contributed by atoms with Crippen molar-refractivity contribution >= 4 is 5.97 Å². The van der Waals surface area contributed by atoms with E-state index < -0.39 is 11.9 Å². The molecule has 3 aromatic carbocycles. The number of nitrogens with two attached hydrogens (primary N) is 1. The molecule has 1 aliphatic rings. The molecule has 1 heterocycles. The van der Waals surface area contributed by atoms with E-state index in [2.05, 4.69) is 6.07 Å². The first kappa shape index (κ1) is 20.8. The third-order valence-corrected chi connectivity index (χ3v) is 5.18. The summed E-state index contributed by atoms with van der Waals surface area (Å²) in [5.41, 5.74) is 8.25. The highest BCUT2D eigenvalue weighted by Crippen LogP contribution is 2.43. The summed E-state index contributed by atoms with van der Waals surface area (Å²) < 4.78 is 21.7. The Morgan fingerprint density at radius 3 is 2.41 bits per heavy atom. The maximum atomic E-state index is 12.6. The second kappa shape index (κ2) is 8.74. The Bertz CT molecular complexity index is 1240. The normalized spacial score (nSPS) is 14.6. The van der Waals surface area contributed by atoms with Gasteiger partial charge in [-0.05, 0) is 35.9 Å². The molecule has 0 spiro atoms. The van der Waals surface area contributed by atoms with Crippen molar-refractivity contribution in [3.05, 3.63) is 94.9 Å². The number of para-hydroxylation sites is 1. The number of benzene rings is 3. The second-order valence-corrected chi connectivity index (χ2v) is 6.99. The summed E-state index contributed by atoms with van der Waals surface area (Å²) in [5, 5.41) is 9.69. The number of fused-ring (bicyclic) bond motifs is 1. The highest BCUT2D eigenvalue weighted by atomic mass is 16.5. The van der Waals surface area contributed by atoms with Crippen LogP contribution in [0.1, 0.15) is 27.4 Å². The number of esters is 1. The molecule has 7 nitrogen and oxygen atoms in total. The van der Waals surface area contributed by atoms with E-state index in [-0.39, 0.29) is 11.6 Å². The number of nitrogens with zero attached hydrogens (tertiary/aromatic N) is 1. The number of ether oxygens (including phenoxy) is 4. The van der Waals surface area contributed by atoms with Crippen molar-refractivity contribution in [2.75, 3.05) is 14.2 Å². The van der Waals surface area contributed by atoms with Gasteiger partial charge in [0.25, 0.3) is 0 Å². The van der Waals surface area contributed by atoms with Crippen LogP contribution >= 0.6 is 0 Å². The molecule has 0 aromatic heterocycles. The monoisotopic (exact) mass is 428 g/mol. The van der Waals surface area contributed by atoms with E-state index in [0.29, 0.717) is 28.4 Å². The fraction of sp³-hybridized carbons (Fsp3) is 0.120. The van der Waals surface area contributed by atoms with Crippen LogP contribution in [0.25, 0.3) is 0 Å². The van der Waals surface area contributed by atoms with Crippen molar-refractivity contribution in [2.45, 2.75) is 5.92 Å². The van der Waals surface area contributed by atoms with E-state index in [1.807, 2.05) is 24.3 Å². The Labute approximate surface area is 185 Å². The lowest BCUT2D eigenvalue weighted by molar-refractivity contribution is 0.0731. The number of carbonyl (C=O) groups excluding carboxylic acids is 1. The highest BCUT2D eigenvalue weighted by Gasteiger charge is 2.31. The molecule has 7 heteroatoms. The van der Waals surface area contributed by atoms with E-state index in [4.69, 9.17) is 24.7 Å². The van der Waals surface area contributed by atoms with Crippen LogP contribution in [0.15, 0.2) is 78.2 Å². The van der Waals surface area contributed by atoms with Crippen molar-refractivity contribution < 1.29 is 23.7 Å². The van der Waals surface area contributed by atoms with Crippen LogP contribution in [0.4, 0.5) is 0 Å². The summed E-state index contributed by atoms with van der Waals surface area (Å²) in [6.45, 7) is 0. The molecule has 0 saturated carbocycles. The fourth-order valence-electron chi connectivity index (χ4n) is 3.61. The van der Waals surface area contributed by atoms with Crippen LogP contribution in [0.5, 0.6) is 23.0 Å². The standard InChI is InChI=1S/C25H20N2O5/c1-29-16-9-7-15(8-10-16)23-18-12-11-17(13-22(18)32-24(27)20(23)14-26)31-25(28)19-5-3-4-6-21(19)30-2/h3-13,23H,27H2,1-2H3. The zero-order valence-electron chi connectivity index (χ0n) is 17.5. The average Bonchev–Trinajstić information content (AvgIpc) is 2.83. The van der Waals surface area contributed by atoms with Crippen LogP contribution in [-0.2, 0) is 0 Å². The minimum atomic E-state index is -0.564. The third kappa shape index (κ3) is 3.82.